The van der Waals surface area contributed by atoms with Gasteiger partial charge in [0.05, 0.1) is 15.8 Å². The predicted molar refractivity (Wildman–Crippen MR) is 76.0 cm³/mol. The van der Waals surface area contributed by atoms with Crippen LogP contribution in [0.2, 0.25) is 0 Å². The first-order valence-corrected chi connectivity index (χ1v) is 7.27. The van der Waals surface area contributed by atoms with E-state index in [2.05, 4.69) is 21.2 Å². The highest BCUT2D eigenvalue weighted by Gasteiger charge is 2.05. The fourth-order valence-electron chi connectivity index (χ4n) is 1.24. The first kappa shape index (κ1) is 14.6. The Hall–Kier alpha value is -0.460. The number of aliphatic hydroxyl groups excluding tert-OH is 1. The second-order valence-electron chi connectivity index (χ2n) is 3.47. The topological polar surface area (TPSA) is 58.3 Å². The van der Waals surface area contributed by atoms with Crippen LogP contribution in [-0.4, -0.2) is 29.8 Å². The van der Waals surface area contributed by atoms with E-state index in [9.17, 15) is 4.39 Å². The highest BCUT2D eigenvalue weighted by atomic mass is 79.9. The van der Waals surface area contributed by atoms with E-state index >= 15 is 0 Å². The van der Waals surface area contributed by atoms with Crippen LogP contribution in [0.4, 0.5) is 15.8 Å². The van der Waals surface area contributed by atoms with E-state index in [1.807, 2.05) is 0 Å². The molecule has 0 amide bonds. The van der Waals surface area contributed by atoms with E-state index in [4.69, 9.17) is 10.8 Å². The molecule has 1 aromatic rings. The molecule has 1 aromatic carbocycles. The van der Waals surface area contributed by atoms with Crippen molar-refractivity contribution < 1.29 is 9.50 Å². The molecule has 96 valence electrons. The van der Waals surface area contributed by atoms with Crippen molar-refractivity contribution in [2.45, 2.75) is 6.42 Å². The summed E-state index contributed by atoms with van der Waals surface area (Å²) in [6.07, 6.45) is 0.814. The van der Waals surface area contributed by atoms with Crippen molar-refractivity contribution in [3.05, 3.63) is 22.4 Å². The normalized spacial score (nSPS) is 10.5. The van der Waals surface area contributed by atoms with Gasteiger partial charge in [0, 0.05) is 25.0 Å². The van der Waals surface area contributed by atoms with E-state index in [1.165, 1.54) is 6.07 Å². The molecule has 6 heteroatoms. The Labute approximate surface area is 113 Å². The van der Waals surface area contributed by atoms with Gasteiger partial charge in [-0.2, -0.15) is 11.8 Å². The minimum atomic E-state index is -0.356. The van der Waals surface area contributed by atoms with Gasteiger partial charge in [-0.1, -0.05) is 0 Å². The molecule has 0 aliphatic carbocycles. The van der Waals surface area contributed by atoms with Crippen molar-refractivity contribution in [1.82, 2.24) is 0 Å². The van der Waals surface area contributed by atoms with Gasteiger partial charge in [-0.3, -0.25) is 0 Å². The maximum atomic E-state index is 13.1. The number of thioether (sulfide) groups is 1. The van der Waals surface area contributed by atoms with E-state index < -0.39 is 0 Å². The molecule has 17 heavy (non-hydrogen) atoms. The van der Waals surface area contributed by atoms with Crippen LogP contribution < -0.4 is 11.1 Å². The zero-order chi connectivity index (χ0) is 12.7. The van der Waals surface area contributed by atoms with E-state index in [-0.39, 0.29) is 12.4 Å². The number of rotatable bonds is 7. The third kappa shape index (κ3) is 5.14. The molecule has 3 nitrogen and oxygen atoms in total. The third-order valence-electron chi connectivity index (χ3n) is 2.10. The molecule has 0 aliphatic rings. The Balaban J connectivity index is 2.34. The molecule has 0 unspecified atom stereocenters. The monoisotopic (exact) mass is 322 g/mol. The number of benzene rings is 1. The van der Waals surface area contributed by atoms with E-state index in [1.54, 1.807) is 17.8 Å². The average molecular weight is 323 g/mol. The van der Waals surface area contributed by atoms with Gasteiger partial charge in [0.2, 0.25) is 0 Å². The Kier molecular flexibility index (Phi) is 6.69. The largest absolute Gasteiger partial charge is 0.397 e. The molecule has 0 aliphatic heterocycles. The van der Waals surface area contributed by atoms with Gasteiger partial charge in [-0.25, -0.2) is 4.39 Å². The molecular weight excluding hydrogens is 307 g/mol. The molecule has 0 bridgehead atoms. The smallest absolute Gasteiger partial charge is 0.139 e. The molecule has 0 fully saturated rings. The average Bonchev–Trinajstić information content (AvgIpc) is 2.30. The molecule has 0 atom stereocenters. The number of anilines is 2. The van der Waals surface area contributed by atoms with E-state index in [0.717, 1.165) is 30.2 Å². The summed E-state index contributed by atoms with van der Waals surface area (Å²) in [5.74, 6) is 1.51. The standard InChI is InChI=1S/C11H16BrFN2OS/c12-8-6-11(10(14)7-9(8)13)15-2-5-17-4-1-3-16/h6-7,15-16H,1-5,14H2. The van der Waals surface area contributed by atoms with E-state index in [0.29, 0.717) is 10.2 Å². The lowest BCUT2D eigenvalue weighted by atomic mass is 10.2. The van der Waals surface area contributed by atoms with Crippen LogP contribution >= 0.6 is 27.7 Å². The minimum Gasteiger partial charge on any atom is -0.397 e. The van der Waals surface area contributed by atoms with Gasteiger partial charge < -0.3 is 16.2 Å². The summed E-state index contributed by atoms with van der Waals surface area (Å²) < 4.78 is 13.5. The van der Waals surface area contributed by atoms with Crippen molar-refractivity contribution in [3.8, 4) is 0 Å². The van der Waals surface area contributed by atoms with Crippen LogP contribution in [0.1, 0.15) is 6.42 Å². The van der Waals surface area contributed by atoms with Gasteiger partial charge in [-0.05, 0) is 34.2 Å². The van der Waals surface area contributed by atoms with Crippen LogP contribution in [0.15, 0.2) is 16.6 Å². The lowest BCUT2D eigenvalue weighted by molar-refractivity contribution is 0.296. The number of halogens is 2. The molecule has 0 heterocycles. The first-order chi connectivity index (χ1) is 8.15. The highest BCUT2D eigenvalue weighted by molar-refractivity contribution is 9.10. The zero-order valence-corrected chi connectivity index (χ0v) is 11.8. The summed E-state index contributed by atoms with van der Waals surface area (Å²) in [7, 11) is 0. The zero-order valence-electron chi connectivity index (χ0n) is 9.38. The summed E-state index contributed by atoms with van der Waals surface area (Å²) in [5, 5.41) is 11.8. The molecule has 0 saturated heterocycles. The second kappa shape index (κ2) is 7.79. The van der Waals surface area contributed by atoms with Gasteiger partial charge in [0.1, 0.15) is 5.82 Å². The summed E-state index contributed by atoms with van der Waals surface area (Å²) in [4.78, 5) is 0. The number of nitrogens with one attached hydrogen (secondary N) is 1. The van der Waals surface area contributed by atoms with Crippen molar-refractivity contribution >= 4 is 39.1 Å². The van der Waals surface area contributed by atoms with Crippen molar-refractivity contribution in [1.29, 1.82) is 0 Å². The lowest BCUT2D eigenvalue weighted by Crippen LogP contribution is -2.07. The molecule has 0 aromatic heterocycles. The second-order valence-corrected chi connectivity index (χ2v) is 5.55. The maximum absolute atomic E-state index is 13.1. The Bertz CT molecular complexity index is 366. The number of nitrogen functional groups attached to an aromatic ring is 1. The van der Waals surface area contributed by atoms with Gasteiger partial charge in [0.15, 0.2) is 0 Å². The maximum Gasteiger partial charge on any atom is 0.139 e. The molecule has 0 saturated carbocycles. The summed E-state index contributed by atoms with van der Waals surface area (Å²) in [6.45, 7) is 0.997. The Morgan fingerprint density at radius 3 is 2.88 bits per heavy atom. The van der Waals surface area contributed by atoms with Crippen LogP contribution in [0.3, 0.4) is 0 Å². The third-order valence-corrected chi connectivity index (χ3v) is 3.78. The van der Waals surface area contributed by atoms with Gasteiger partial charge in [0.25, 0.3) is 0 Å². The molecule has 4 N–H and O–H groups in total. The fraction of sp³-hybridized carbons (Fsp3) is 0.455. The van der Waals surface area contributed by atoms with Crippen molar-refractivity contribution in [2.24, 2.45) is 0 Å². The Morgan fingerprint density at radius 1 is 1.41 bits per heavy atom. The van der Waals surface area contributed by atoms with Crippen LogP contribution in [0.25, 0.3) is 0 Å². The fourth-order valence-corrected chi connectivity index (χ4v) is 2.37. The number of hydrogen-bond acceptors (Lipinski definition) is 4. The van der Waals surface area contributed by atoms with Crippen molar-refractivity contribution in [3.63, 3.8) is 0 Å². The van der Waals surface area contributed by atoms with Gasteiger partial charge >= 0.3 is 0 Å². The van der Waals surface area contributed by atoms with Crippen LogP contribution in [-0.2, 0) is 0 Å². The quantitative estimate of drug-likeness (QED) is 0.533. The number of hydrogen-bond donors (Lipinski definition) is 3. The van der Waals surface area contributed by atoms with Crippen molar-refractivity contribution in [2.75, 3.05) is 35.7 Å². The van der Waals surface area contributed by atoms with Gasteiger partial charge in [-0.15, -0.1) is 0 Å². The summed E-state index contributed by atoms with van der Waals surface area (Å²) in [6, 6.07) is 2.94. The molecule has 1 rings (SSSR count). The molecular formula is C11H16BrFN2OS. The summed E-state index contributed by atoms with van der Waals surface area (Å²) in [5.41, 5.74) is 6.83. The highest BCUT2D eigenvalue weighted by Crippen LogP contribution is 2.26. The molecule has 0 radical (unpaired) electrons. The lowest BCUT2D eigenvalue weighted by Gasteiger charge is -2.10. The predicted octanol–water partition coefficient (Wildman–Crippen LogP) is 2.70. The summed E-state index contributed by atoms with van der Waals surface area (Å²) >= 11 is 4.88. The Morgan fingerprint density at radius 2 is 2.18 bits per heavy atom. The number of nitrogens with two attached hydrogens (primary N) is 1. The SMILES string of the molecule is Nc1cc(F)c(Br)cc1NCCSCCCO. The number of aliphatic hydroxyl groups is 1. The van der Waals surface area contributed by atoms with Crippen LogP contribution in [0, 0.1) is 5.82 Å². The minimum absolute atomic E-state index is 0.234. The first-order valence-electron chi connectivity index (χ1n) is 5.32. The molecule has 0 spiro atoms. The van der Waals surface area contributed by atoms with Crippen LogP contribution in [0.5, 0.6) is 0 Å².